The van der Waals surface area contributed by atoms with Crippen LogP contribution < -0.4 is 4.90 Å². The number of carbonyl (C=O) groups is 1. The molecule has 0 bridgehead atoms. The highest BCUT2D eigenvalue weighted by Crippen LogP contribution is 2.38. The lowest BCUT2D eigenvalue weighted by molar-refractivity contribution is -0.146. The molecule has 1 fully saturated rings. The van der Waals surface area contributed by atoms with Gasteiger partial charge in [0, 0.05) is 48.0 Å². The molecule has 28 heavy (non-hydrogen) atoms. The second-order valence-electron chi connectivity index (χ2n) is 6.67. The predicted octanol–water partition coefficient (Wildman–Crippen LogP) is 4.50. The van der Waals surface area contributed by atoms with Gasteiger partial charge in [-0.2, -0.15) is 0 Å². The molecule has 4 heterocycles. The average molecular weight is 462 g/mol. The summed E-state index contributed by atoms with van der Waals surface area (Å²) in [5.41, 5.74) is 1.67. The average Bonchev–Trinajstić information content (AvgIpc) is 2.74. The van der Waals surface area contributed by atoms with Gasteiger partial charge in [-0.25, -0.2) is 9.97 Å². The molecule has 4 rings (SSSR count). The first-order chi connectivity index (χ1) is 13.6. The summed E-state index contributed by atoms with van der Waals surface area (Å²) in [7, 11) is 1.44. The molecule has 0 atom stereocenters. The van der Waals surface area contributed by atoms with Crippen LogP contribution in [0.1, 0.15) is 12.8 Å². The van der Waals surface area contributed by atoms with E-state index in [0.29, 0.717) is 5.15 Å². The summed E-state index contributed by atoms with van der Waals surface area (Å²) in [4.78, 5) is 27.4. The zero-order valence-electron chi connectivity index (χ0n) is 15.2. The maximum atomic E-state index is 11.8. The number of pyridine rings is 3. The van der Waals surface area contributed by atoms with Crippen molar-refractivity contribution < 1.29 is 9.53 Å². The number of methoxy groups -OCH3 is 1. The Kier molecular flexibility index (Phi) is 5.46. The van der Waals surface area contributed by atoms with Crippen LogP contribution >= 0.6 is 27.5 Å². The van der Waals surface area contributed by atoms with Gasteiger partial charge in [0.1, 0.15) is 11.0 Å². The Balaban J connectivity index is 1.78. The maximum absolute atomic E-state index is 11.8. The molecule has 0 saturated carbocycles. The minimum atomic E-state index is -0.135. The van der Waals surface area contributed by atoms with Crippen molar-refractivity contribution in [3.05, 3.63) is 46.4 Å². The molecule has 3 aromatic rings. The van der Waals surface area contributed by atoms with E-state index in [1.165, 1.54) is 7.11 Å². The molecule has 144 valence electrons. The Labute approximate surface area is 176 Å². The number of hydrogen-bond acceptors (Lipinski definition) is 6. The summed E-state index contributed by atoms with van der Waals surface area (Å²) in [6.45, 7) is 1.48. The van der Waals surface area contributed by atoms with Crippen molar-refractivity contribution in [2.75, 3.05) is 25.1 Å². The van der Waals surface area contributed by atoms with E-state index < -0.39 is 0 Å². The van der Waals surface area contributed by atoms with E-state index in [1.807, 2.05) is 18.3 Å². The molecule has 3 aromatic heterocycles. The fourth-order valence-electron chi connectivity index (χ4n) is 3.58. The Morgan fingerprint density at radius 3 is 2.75 bits per heavy atom. The van der Waals surface area contributed by atoms with Gasteiger partial charge in [-0.1, -0.05) is 11.6 Å². The molecule has 0 N–H and O–H groups in total. The third-order valence-corrected chi connectivity index (χ3v) is 6.06. The van der Waals surface area contributed by atoms with Gasteiger partial charge in [-0.15, -0.1) is 0 Å². The number of carbonyl (C=O) groups excluding carboxylic acids is 1. The first kappa shape index (κ1) is 19.1. The zero-order chi connectivity index (χ0) is 19.7. The van der Waals surface area contributed by atoms with Crippen molar-refractivity contribution in [1.29, 1.82) is 0 Å². The molecule has 0 spiro atoms. The second kappa shape index (κ2) is 8.01. The van der Waals surface area contributed by atoms with Gasteiger partial charge in [-0.3, -0.25) is 9.78 Å². The quantitative estimate of drug-likeness (QED) is 0.423. The number of fused-ring (bicyclic) bond motifs is 1. The van der Waals surface area contributed by atoms with E-state index in [-0.39, 0.29) is 11.9 Å². The normalized spacial score (nSPS) is 15.0. The third-order valence-electron chi connectivity index (χ3n) is 5.05. The number of hydrogen-bond donors (Lipinski definition) is 0. The minimum absolute atomic E-state index is 0.0527. The molecule has 0 amide bonds. The molecule has 8 heteroatoms. The van der Waals surface area contributed by atoms with Gasteiger partial charge in [0.2, 0.25) is 0 Å². The molecular formula is C20H18BrClN4O2. The molecule has 1 aliphatic rings. The zero-order valence-corrected chi connectivity index (χ0v) is 17.6. The first-order valence-electron chi connectivity index (χ1n) is 8.96. The number of ether oxygens (including phenoxy) is 1. The fourth-order valence-corrected chi connectivity index (χ4v) is 4.39. The Hall–Kier alpha value is -2.25. The topological polar surface area (TPSA) is 68.2 Å². The van der Waals surface area contributed by atoms with Gasteiger partial charge >= 0.3 is 5.97 Å². The Morgan fingerprint density at radius 1 is 1.25 bits per heavy atom. The van der Waals surface area contributed by atoms with E-state index in [9.17, 15) is 4.79 Å². The Morgan fingerprint density at radius 2 is 2.04 bits per heavy atom. The van der Waals surface area contributed by atoms with Crippen LogP contribution in [-0.4, -0.2) is 41.1 Å². The highest BCUT2D eigenvalue weighted by atomic mass is 79.9. The third kappa shape index (κ3) is 3.56. The lowest BCUT2D eigenvalue weighted by atomic mass is 9.96. The van der Waals surface area contributed by atoms with E-state index in [1.54, 1.807) is 18.5 Å². The summed E-state index contributed by atoms with van der Waals surface area (Å²) in [5.74, 6) is 0.694. The number of rotatable bonds is 3. The van der Waals surface area contributed by atoms with Crippen LogP contribution in [0.25, 0.3) is 22.0 Å². The van der Waals surface area contributed by atoms with Crippen LogP contribution in [0.15, 0.2) is 41.3 Å². The van der Waals surface area contributed by atoms with E-state index >= 15 is 0 Å². The van der Waals surface area contributed by atoms with Crippen LogP contribution in [0.5, 0.6) is 0 Å². The van der Waals surface area contributed by atoms with Crippen LogP contribution in [0, 0.1) is 5.92 Å². The standard InChI is InChI=1S/C20H18BrClN4O2/c1-28-20(27)12-4-8-26(9-5-12)19-14-3-6-23-11-15(14)17(21)18(25-19)13-2-7-24-16(22)10-13/h2-3,6-7,10-12H,4-5,8-9H2,1H3. The summed E-state index contributed by atoms with van der Waals surface area (Å²) in [6.07, 6.45) is 6.75. The van der Waals surface area contributed by atoms with Crippen molar-refractivity contribution in [1.82, 2.24) is 15.0 Å². The number of piperidine rings is 1. The second-order valence-corrected chi connectivity index (χ2v) is 7.85. The lowest BCUT2D eigenvalue weighted by Crippen LogP contribution is -2.37. The van der Waals surface area contributed by atoms with Gasteiger partial charge in [0.05, 0.1) is 23.2 Å². The molecule has 1 aliphatic heterocycles. The largest absolute Gasteiger partial charge is 0.469 e. The SMILES string of the molecule is COC(=O)C1CCN(c2nc(-c3ccnc(Cl)c3)c(Br)c3cnccc23)CC1. The number of halogens is 2. The number of aromatic nitrogens is 3. The van der Waals surface area contributed by atoms with E-state index in [2.05, 4.69) is 30.8 Å². The van der Waals surface area contributed by atoms with Crippen LogP contribution in [-0.2, 0) is 9.53 Å². The summed E-state index contributed by atoms with van der Waals surface area (Å²) < 4.78 is 5.77. The van der Waals surface area contributed by atoms with E-state index in [4.69, 9.17) is 21.3 Å². The van der Waals surface area contributed by atoms with Gasteiger partial charge in [0.15, 0.2) is 0 Å². The lowest BCUT2D eigenvalue weighted by Gasteiger charge is -2.32. The van der Waals surface area contributed by atoms with Crippen LogP contribution in [0.2, 0.25) is 5.15 Å². The van der Waals surface area contributed by atoms with Crippen molar-refractivity contribution in [2.24, 2.45) is 5.92 Å². The molecular weight excluding hydrogens is 444 g/mol. The van der Waals surface area contributed by atoms with Gasteiger partial charge < -0.3 is 9.64 Å². The van der Waals surface area contributed by atoms with Crippen molar-refractivity contribution in [3.8, 4) is 11.3 Å². The van der Waals surface area contributed by atoms with Crippen LogP contribution in [0.3, 0.4) is 0 Å². The Bertz CT molecular complexity index is 1040. The molecule has 1 saturated heterocycles. The molecule has 6 nitrogen and oxygen atoms in total. The van der Waals surface area contributed by atoms with Gasteiger partial charge in [-0.05, 0) is 47.0 Å². The smallest absolute Gasteiger partial charge is 0.308 e. The van der Waals surface area contributed by atoms with Crippen molar-refractivity contribution >= 4 is 50.1 Å². The first-order valence-corrected chi connectivity index (χ1v) is 10.1. The molecule has 0 aliphatic carbocycles. The summed E-state index contributed by atoms with van der Waals surface area (Å²) >= 11 is 9.79. The highest BCUT2D eigenvalue weighted by Gasteiger charge is 2.28. The number of anilines is 1. The number of nitrogens with zero attached hydrogens (tertiary/aromatic N) is 4. The molecule has 0 radical (unpaired) electrons. The van der Waals surface area contributed by atoms with E-state index in [0.717, 1.165) is 58.3 Å². The van der Waals surface area contributed by atoms with Crippen LogP contribution in [0.4, 0.5) is 5.82 Å². The van der Waals surface area contributed by atoms with Crippen molar-refractivity contribution in [2.45, 2.75) is 12.8 Å². The molecule has 0 unspecified atom stereocenters. The monoisotopic (exact) mass is 460 g/mol. The fraction of sp³-hybridized carbons (Fsp3) is 0.300. The predicted molar refractivity (Wildman–Crippen MR) is 112 cm³/mol. The van der Waals surface area contributed by atoms with Gasteiger partial charge in [0.25, 0.3) is 0 Å². The van der Waals surface area contributed by atoms with Crippen molar-refractivity contribution in [3.63, 3.8) is 0 Å². The number of esters is 1. The minimum Gasteiger partial charge on any atom is -0.469 e. The summed E-state index contributed by atoms with van der Waals surface area (Å²) in [6, 6.07) is 5.65. The summed E-state index contributed by atoms with van der Waals surface area (Å²) in [5, 5.41) is 2.41. The maximum Gasteiger partial charge on any atom is 0.308 e. The highest BCUT2D eigenvalue weighted by molar-refractivity contribution is 9.10. The molecule has 0 aromatic carbocycles.